The maximum absolute atomic E-state index is 12.5. The topological polar surface area (TPSA) is 48.1 Å². The van der Waals surface area contributed by atoms with Gasteiger partial charge in [-0.3, -0.25) is 9.69 Å². The van der Waals surface area contributed by atoms with Gasteiger partial charge >= 0.3 is 0 Å². The highest BCUT2D eigenvalue weighted by Crippen LogP contribution is 2.21. The van der Waals surface area contributed by atoms with Crippen molar-refractivity contribution >= 4 is 17.3 Å². The lowest BCUT2D eigenvalue weighted by Gasteiger charge is -2.35. The molecule has 166 valence electrons. The van der Waals surface area contributed by atoms with E-state index in [0.717, 1.165) is 63.5 Å². The molecule has 0 spiro atoms. The Hall–Kier alpha value is -2.57. The number of hydrogen-bond donors (Lipinski definition) is 1. The highest BCUT2D eigenvalue weighted by molar-refractivity contribution is 5.92. The molecule has 2 heterocycles. The molecule has 0 atom stereocenters. The molecule has 2 aromatic carbocycles. The number of piperazine rings is 1. The highest BCUT2D eigenvalue weighted by atomic mass is 16.5. The molecule has 0 aromatic heterocycles. The SMILES string of the molecule is Cc1cccc(N2CCN(CC(=O)Nc3ccc(OC4CCN(C)CC4)cc3)CC2)c1. The summed E-state index contributed by atoms with van der Waals surface area (Å²) >= 11 is 0. The second-order valence-electron chi connectivity index (χ2n) is 8.80. The molecular formula is C25H34N4O2. The number of carbonyl (C=O) groups excluding carboxylic acids is 1. The second-order valence-corrected chi connectivity index (χ2v) is 8.80. The van der Waals surface area contributed by atoms with Gasteiger partial charge < -0.3 is 19.9 Å². The largest absolute Gasteiger partial charge is 0.490 e. The number of benzene rings is 2. The van der Waals surface area contributed by atoms with E-state index in [1.165, 1.54) is 11.3 Å². The third-order valence-corrected chi connectivity index (χ3v) is 6.21. The number of anilines is 2. The average molecular weight is 423 g/mol. The zero-order valence-corrected chi connectivity index (χ0v) is 18.7. The van der Waals surface area contributed by atoms with Crippen LogP contribution in [0.5, 0.6) is 5.75 Å². The van der Waals surface area contributed by atoms with Gasteiger partial charge in [0.2, 0.25) is 5.91 Å². The minimum Gasteiger partial charge on any atom is -0.490 e. The minimum absolute atomic E-state index is 0.0352. The van der Waals surface area contributed by atoms with Crippen LogP contribution in [0.4, 0.5) is 11.4 Å². The first kappa shape index (κ1) is 21.7. The van der Waals surface area contributed by atoms with Crippen molar-refractivity contribution in [1.82, 2.24) is 9.80 Å². The number of amides is 1. The number of likely N-dealkylation sites (tertiary alicyclic amines) is 1. The van der Waals surface area contributed by atoms with E-state index in [9.17, 15) is 4.79 Å². The van der Waals surface area contributed by atoms with Crippen molar-refractivity contribution in [2.75, 3.05) is 63.1 Å². The van der Waals surface area contributed by atoms with Crippen molar-refractivity contribution in [3.05, 3.63) is 54.1 Å². The van der Waals surface area contributed by atoms with Gasteiger partial charge in [0, 0.05) is 50.6 Å². The molecule has 0 aliphatic carbocycles. The average Bonchev–Trinajstić information content (AvgIpc) is 2.77. The van der Waals surface area contributed by atoms with Gasteiger partial charge in [-0.1, -0.05) is 12.1 Å². The first-order valence-electron chi connectivity index (χ1n) is 11.3. The predicted octanol–water partition coefficient (Wildman–Crippen LogP) is 3.23. The first-order chi connectivity index (χ1) is 15.0. The fourth-order valence-electron chi connectivity index (χ4n) is 4.30. The van der Waals surface area contributed by atoms with E-state index >= 15 is 0 Å². The monoisotopic (exact) mass is 422 g/mol. The van der Waals surface area contributed by atoms with Gasteiger partial charge in [-0.25, -0.2) is 0 Å². The minimum atomic E-state index is 0.0352. The molecule has 0 saturated carbocycles. The standard InChI is InChI=1S/C25H34N4O2/c1-20-4-3-5-22(18-20)29-16-14-28(15-17-29)19-25(30)26-21-6-8-23(9-7-21)31-24-10-12-27(2)13-11-24/h3-9,18,24H,10-17,19H2,1-2H3,(H,26,30). The van der Waals surface area contributed by atoms with Crippen LogP contribution in [0.15, 0.2) is 48.5 Å². The van der Waals surface area contributed by atoms with Crippen LogP contribution >= 0.6 is 0 Å². The normalized spacial score (nSPS) is 18.7. The molecule has 31 heavy (non-hydrogen) atoms. The lowest BCUT2D eigenvalue weighted by molar-refractivity contribution is -0.117. The molecule has 1 amide bonds. The maximum atomic E-state index is 12.5. The Bertz CT molecular complexity index is 854. The van der Waals surface area contributed by atoms with E-state index in [4.69, 9.17) is 4.74 Å². The third-order valence-electron chi connectivity index (χ3n) is 6.21. The summed E-state index contributed by atoms with van der Waals surface area (Å²) < 4.78 is 6.09. The Kier molecular flexibility index (Phi) is 7.10. The fourth-order valence-corrected chi connectivity index (χ4v) is 4.30. The van der Waals surface area contributed by atoms with E-state index in [1.54, 1.807) is 0 Å². The summed E-state index contributed by atoms with van der Waals surface area (Å²) in [6, 6.07) is 16.4. The second kappa shape index (κ2) is 10.2. The Morgan fingerprint density at radius 2 is 1.71 bits per heavy atom. The number of rotatable bonds is 6. The first-order valence-corrected chi connectivity index (χ1v) is 11.3. The van der Waals surface area contributed by atoms with E-state index in [2.05, 4.69) is 58.3 Å². The number of hydrogen-bond acceptors (Lipinski definition) is 5. The zero-order valence-electron chi connectivity index (χ0n) is 18.7. The summed E-state index contributed by atoms with van der Waals surface area (Å²) in [5.74, 6) is 0.910. The molecule has 6 heteroatoms. The Morgan fingerprint density at radius 1 is 1.00 bits per heavy atom. The van der Waals surface area contributed by atoms with Gasteiger partial charge in [-0.15, -0.1) is 0 Å². The van der Waals surface area contributed by atoms with Crippen LogP contribution in [0.3, 0.4) is 0 Å². The molecule has 0 radical (unpaired) electrons. The van der Waals surface area contributed by atoms with E-state index in [1.807, 2.05) is 24.3 Å². The maximum Gasteiger partial charge on any atom is 0.238 e. The molecule has 2 aliphatic heterocycles. The molecule has 2 fully saturated rings. The van der Waals surface area contributed by atoms with Crippen molar-refractivity contribution in [1.29, 1.82) is 0 Å². The van der Waals surface area contributed by atoms with Gasteiger partial charge in [0.1, 0.15) is 11.9 Å². The summed E-state index contributed by atoms with van der Waals surface area (Å²) in [4.78, 5) is 19.5. The molecular weight excluding hydrogens is 388 g/mol. The molecule has 6 nitrogen and oxygen atoms in total. The number of nitrogens with one attached hydrogen (secondary N) is 1. The summed E-state index contributed by atoms with van der Waals surface area (Å²) in [5, 5.41) is 3.02. The molecule has 1 N–H and O–H groups in total. The van der Waals surface area contributed by atoms with Crippen LogP contribution in [-0.4, -0.2) is 74.7 Å². The number of ether oxygens (including phenoxy) is 1. The van der Waals surface area contributed by atoms with Gasteiger partial charge in [0.05, 0.1) is 6.54 Å². The molecule has 0 unspecified atom stereocenters. The van der Waals surface area contributed by atoms with E-state index in [-0.39, 0.29) is 12.0 Å². The summed E-state index contributed by atoms with van der Waals surface area (Å²) in [6.07, 6.45) is 2.41. The molecule has 4 rings (SSSR count). The Balaban J connectivity index is 1.20. The lowest BCUT2D eigenvalue weighted by Crippen LogP contribution is -2.48. The van der Waals surface area contributed by atoms with Gasteiger partial charge in [0.15, 0.2) is 0 Å². The molecule has 2 aromatic rings. The summed E-state index contributed by atoms with van der Waals surface area (Å²) in [5.41, 5.74) is 3.37. The highest BCUT2D eigenvalue weighted by Gasteiger charge is 2.20. The Morgan fingerprint density at radius 3 is 2.39 bits per heavy atom. The molecule has 0 bridgehead atoms. The lowest BCUT2D eigenvalue weighted by atomic mass is 10.1. The summed E-state index contributed by atoms with van der Waals surface area (Å²) in [7, 11) is 2.15. The van der Waals surface area contributed by atoms with Crippen LogP contribution in [0, 0.1) is 6.92 Å². The molecule has 2 aliphatic rings. The van der Waals surface area contributed by atoms with Crippen molar-refractivity contribution in [3.8, 4) is 5.75 Å². The van der Waals surface area contributed by atoms with Gasteiger partial charge in [0.25, 0.3) is 0 Å². The predicted molar refractivity (Wildman–Crippen MR) is 126 cm³/mol. The van der Waals surface area contributed by atoms with Crippen LogP contribution < -0.4 is 15.0 Å². The van der Waals surface area contributed by atoms with Crippen LogP contribution in [0.25, 0.3) is 0 Å². The number of aryl methyl sites for hydroxylation is 1. The fraction of sp³-hybridized carbons (Fsp3) is 0.480. The van der Waals surface area contributed by atoms with E-state index < -0.39 is 0 Å². The van der Waals surface area contributed by atoms with E-state index in [0.29, 0.717) is 6.54 Å². The van der Waals surface area contributed by atoms with Crippen molar-refractivity contribution < 1.29 is 9.53 Å². The van der Waals surface area contributed by atoms with Gasteiger partial charge in [-0.05, 0) is 68.8 Å². The third kappa shape index (κ3) is 6.21. The number of nitrogens with zero attached hydrogens (tertiary/aromatic N) is 3. The number of carbonyl (C=O) groups is 1. The van der Waals surface area contributed by atoms with Crippen molar-refractivity contribution in [3.63, 3.8) is 0 Å². The number of piperidine rings is 1. The zero-order chi connectivity index (χ0) is 21.6. The van der Waals surface area contributed by atoms with Gasteiger partial charge in [-0.2, -0.15) is 0 Å². The quantitative estimate of drug-likeness (QED) is 0.775. The molecule has 2 saturated heterocycles. The summed E-state index contributed by atoms with van der Waals surface area (Å²) in [6.45, 7) is 8.39. The Labute approximate surface area is 185 Å². The van der Waals surface area contributed by atoms with Crippen LogP contribution in [0.1, 0.15) is 18.4 Å². The van der Waals surface area contributed by atoms with Crippen LogP contribution in [-0.2, 0) is 4.79 Å². The van der Waals surface area contributed by atoms with Crippen LogP contribution in [0.2, 0.25) is 0 Å². The smallest absolute Gasteiger partial charge is 0.238 e. The van der Waals surface area contributed by atoms with Crippen molar-refractivity contribution in [2.45, 2.75) is 25.9 Å². The van der Waals surface area contributed by atoms with Crippen molar-refractivity contribution in [2.24, 2.45) is 0 Å².